The van der Waals surface area contributed by atoms with Gasteiger partial charge < -0.3 is 4.98 Å². The lowest BCUT2D eigenvalue weighted by atomic mass is 10.1. The molecule has 2 rings (SSSR count). The average Bonchev–Trinajstić information content (AvgIpc) is 2.41. The topological polar surface area (TPSA) is 88.9 Å². The summed E-state index contributed by atoms with van der Waals surface area (Å²) in [6.45, 7) is 3.89. The second-order valence-electron chi connectivity index (χ2n) is 4.58. The Bertz CT molecular complexity index is 725. The number of hydrogen-bond donors (Lipinski definition) is 1. The first-order valence-electron chi connectivity index (χ1n) is 5.94. The molecule has 0 saturated carbocycles. The molecule has 6 nitrogen and oxygen atoms in total. The maximum absolute atomic E-state index is 11.9. The molecule has 0 radical (unpaired) electrons. The van der Waals surface area contributed by atoms with Crippen LogP contribution in [0.4, 0.5) is 5.69 Å². The molecule has 20 heavy (non-hydrogen) atoms. The predicted molar refractivity (Wildman–Crippen MR) is 83.8 cm³/mol. The molecule has 1 aromatic heterocycles. The molecule has 0 saturated heterocycles. The quantitative estimate of drug-likeness (QED) is 0.500. The van der Waals surface area contributed by atoms with Gasteiger partial charge in [0, 0.05) is 17.7 Å². The Morgan fingerprint density at radius 3 is 2.70 bits per heavy atom. The van der Waals surface area contributed by atoms with Crippen LogP contribution in [0.5, 0.6) is 0 Å². The van der Waals surface area contributed by atoms with Gasteiger partial charge in [-0.2, -0.15) is 0 Å². The monoisotopic (exact) mass is 385 g/mol. The van der Waals surface area contributed by atoms with E-state index in [9.17, 15) is 14.9 Å². The summed E-state index contributed by atoms with van der Waals surface area (Å²) < 4.78 is 0.548. The first kappa shape index (κ1) is 14.6. The van der Waals surface area contributed by atoms with Crippen molar-refractivity contribution in [2.24, 2.45) is 0 Å². The molecule has 7 heteroatoms. The predicted octanol–water partition coefficient (Wildman–Crippen LogP) is 3.07. The number of halogens is 1. The standard InChI is InChI=1S/C13H12IN3O3/c1-7(2)11-10(14)13(18)16-12(15-11)8-4-3-5-9(6-8)17(19)20/h3-7H,1-2H3,(H,15,16,18). The SMILES string of the molecule is CC(C)c1nc(-c2cccc([N+](=O)[O-])c2)[nH]c(=O)c1I. The van der Waals surface area contributed by atoms with Gasteiger partial charge in [-0.25, -0.2) is 4.98 Å². The van der Waals surface area contributed by atoms with E-state index in [0.29, 0.717) is 20.7 Å². The molecule has 2 aromatic rings. The van der Waals surface area contributed by atoms with Crippen LogP contribution >= 0.6 is 22.6 Å². The number of nitro benzene ring substituents is 1. The van der Waals surface area contributed by atoms with Gasteiger partial charge in [-0.15, -0.1) is 0 Å². The van der Waals surface area contributed by atoms with Crippen molar-refractivity contribution in [3.05, 3.63) is 54.0 Å². The first-order valence-corrected chi connectivity index (χ1v) is 7.02. The summed E-state index contributed by atoms with van der Waals surface area (Å²) in [5, 5.41) is 10.8. The molecular weight excluding hydrogens is 373 g/mol. The number of hydrogen-bond acceptors (Lipinski definition) is 4. The number of nitro groups is 1. The fourth-order valence-corrected chi connectivity index (χ4v) is 2.64. The molecule has 104 valence electrons. The van der Waals surface area contributed by atoms with Crippen LogP contribution in [-0.2, 0) is 0 Å². The van der Waals surface area contributed by atoms with E-state index in [1.165, 1.54) is 12.1 Å². The molecule has 0 atom stereocenters. The highest BCUT2D eigenvalue weighted by Gasteiger charge is 2.14. The highest BCUT2D eigenvalue weighted by Crippen LogP contribution is 2.23. The molecular formula is C13H12IN3O3. The van der Waals surface area contributed by atoms with Crippen LogP contribution in [-0.4, -0.2) is 14.9 Å². The summed E-state index contributed by atoms with van der Waals surface area (Å²) in [5.41, 5.74) is 0.950. The van der Waals surface area contributed by atoms with Crippen molar-refractivity contribution in [2.75, 3.05) is 0 Å². The smallest absolute Gasteiger partial charge is 0.270 e. The van der Waals surface area contributed by atoms with Crippen LogP contribution < -0.4 is 5.56 Å². The Morgan fingerprint density at radius 2 is 2.10 bits per heavy atom. The van der Waals surface area contributed by atoms with Crippen molar-refractivity contribution in [3.8, 4) is 11.4 Å². The zero-order chi connectivity index (χ0) is 14.9. The van der Waals surface area contributed by atoms with Crippen LogP contribution in [0.1, 0.15) is 25.5 Å². The normalized spacial score (nSPS) is 10.8. The highest BCUT2D eigenvalue weighted by atomic mass is 127. The zero-order valence-electron chi connectivity index (χ0n) is 10.9. The van der Waals surface area contributed by atoms with Crippen LogP contribution in [0.2, 0.25) is 0 Å². The van der Waals surface area contributed by atoms with E-state index < -0.39 is 4.92 Å². The van der Waals surface area contributed by atoms with Gasteiger partial charge in [0.15, 0.2) is 0 Å². The fraction of sp³-hybridized carbons (Fsp3) is 0.231. The van der Waals surface area contributed by atoms with Crippen LogP contribution in [0, 0.1) is 13.7 Å². The molecule has 0 aliphatic carbocycles. The Labute approximate surface area is 128 Å². The number of non-ortho nitro benzene ring substituents is 1. The lowest BCUT2D eigenvalue weighted by Crippen LogP contribution is -2.17. The van der Waals surface area contributed by atoms with Crippen LogP contribution in [0.15, 0.2) is 29.1 Å². The maximum Gasteiger partial charge on any atom is 0.270 e. The van der Waals surface area contributed by atoms with E-state index in [1.807, 2.05) is 36.4 Å². The molecule has 0 fully saturated rings. The number of nitrogens with one attached hydrogen (secondary N) is 1. The molecule has 1 N–H and O–H groups in total. The Balaban J connectivity index is 2.61. The van der Waals surface area contributed by atoms with Crippen molar-refractivity contribution in [1.29, 1.82) is 0 Å². The molecule has 0 aliphatic rings. The molecule has 0 spiro atoms. The van der Waals surface area contributed by atoms with Crippen molar-refractivity contribution < 1.29 is 4.92 Å². The molecule has 1 heterocycles. The molecule has 0 unspecified atom stereocenters. The van der Waals surface area contributed by atoms with E-state index >= 15 is 0 Å². The van der Waals surface area contributed by atoms with E-state index in [1.54, 1.807) is 12.1 Å². The number of nitrogens with zero attached hydrogens (tertiary/aromatic N) is 2. The van der Waals surface area contributed by atoms with Gasteiger partial charge in [-0.05, 0) is 28.5 Å². The second kappa shape index (κ2) is 5.70. The van der Waals surface area contributed by atoms with Crippen molar-refractivity contribution in [3.63, 3.8) is 0 Å². The fourth-order valence-electron chi connectivity index (χ4n) is 1.76. The highest BCUT2D eigenvalue weighted by molar-refractivity contribution is 14.1. The molecule has 0 bridgehead atoms. The minimum absolute atomic E-state index is 0.0326. The third-order valence-corrected chi connectivity index (χ3v) is 3.81. The summed E-state index contributed by atoms with van der Waals surface area (Å²) >= 11 is 1.96. The summed E-state index contributed by atoms with van der Waals surface area (Å²) in [7, 11) is 0. The Kier molecular flexibility index (Phi) is 4.17. The number of aromatic nitrogens is 2. The minimum atomic E-state index is -0.475. The van der Waals surface area contributed by atoms with Crippen molar-refractivity contribution in [2.45, 2.75) is 19.8 Å². The summed E-state index contributed by atoms with van der Waals surface area (Å²) in [5.74, 6) is 0.449. The molecule has 1 aromatic carbocycles. The third-order valence-electron chi connectivity index (χ3n) is 2.77. The lowest BCUT2D eigenvalue weighted by Gasteiger charge is -2.09. The van der Waals surface area contributed by atoms with Crippen molar-refractivity contribution >= 4 is 28.3 Å². The Hall–Kier alpha value is -1.77. The van der Waals surface area contributed by atoms with Gasteiger partial charge in [0.2, 0.25) is 0 Å². The minimum Gasteiger partial charge on any atom is -0.306 e. The van der Waals surface area contributed by atoms with Crippen molar-refractivity contribution in [1.82, 2.24) is 9.97 Å². The van der Waals surface area contributed by atoms with Crippen LogP contribution in [0.25, 0.3) is 11.4 Å². The second-order valence-corrected chi connectivity index (χ2v) is 5.65. The summed E-state index contributed by atoms with van der Waals surface area (Å²) in [4.78, 5) is 29.3. The average molecular weight is 385 g/mol. The summed E-state index contributed by atoms with van der Waals surface area (Å²) in [6.07, 6.45) is 0. The van der Waals surface area contributed by atoms with Gasteiger partial charge in [-0.3, -0.25) is 14.9 Å². The number of rotatable bonds is 3. The molecule has 0 aliphatic heterocycles. The third kappa shape index (κ3) is 2.87. The Morgan fingerprint density at radius 1 is 1.40 bits per heavy atom. The van der Waals surface area contributed by atoms with E-state index in [-0.39, 0.29) is 17.2 Å². The summed E-state index contributed by atoms with van der Waals surface area (Å²) in [6, 6.07) is 6.05. The largest absolute Gasteiger partial charge is 0.306 e. The van der Waals surface area contributed by atoms with Gasteiger partial charge in [-0.1, -0.05) is 26.0 Å². The van der Waals surface area contributed by atoms with E-state index in [2.05, 4.69) is 9.97 Å². The van der Waals surface area contributed by atoms with Gasteiger partial charge in [0.1, 0.15) is 5.82 Å². The number of benzene rings is 1. The first-order chi connectivity index (χ1) is 9.40. The number of aromatic amines is 1. The maximum atomic E-state index is 11.9. The van der Waals surface area contributed by atoms with Crippen LogP contribution in [0.3, 0.4) is 0 Å². The lowest BCUT2D eigenvalue weighted by molar-refractivity contribution is -0.384. The van der Waals surface area contributed by atoms with Gasteiger partial charge in [0.25, 0.3) is 11.2 Å². The number of H-pyrrole nitrogens is 1. The zero-order valence-corrected chi connectivity index (χ0v) is 13.0. The van der Waals surface area contributed by atoms with E-state index in [4.69, 9.17) is 0 Å². The van der Waals surface area contributed by atoms with Gasteiger partial charge >= 0.3 is 0 Å². The van der Waals surface area contributed by atoms with E-state index in [0.717, 1.165) is 0 Å². The molecule has 0 amide bonds. The van der Waals surface area contributed by atoms with Gasteiger partial charge in [0.05, 0.1) is 14.2 Å².